The van der Waals surface area contributed by atoms with Crippen molar-refractivity contribution in [2.24, 2.45) is 0 Å². The van der Waals surface area contributed by atoms with Crippen LogP contribution in [0.4, 0.5) is 0 Å². The van der Waals surface area contributed by atoms with Crippen LogP contribution in [0.2, 0.25) is 0 Å². The van der Waals surface area contributed by atoms with E-state index in [0.717, 1.165) is 0 Å². The Morgan fingerprint density at radius 1 is 1.77 bits per heavy atom. The van der Waals surface area contributed by atoms with Crippen molar-refractivity contribution >= 4 is 17.0 Å². The maximum Gasteiger partial charge on any atom is 0.234 e. The lowest BCUT2D eigenvalue weighted by atomic mass is 10.0. The fraction of sp³-hybridized carbons (Fsp3) is 0.857. The molecule has 1 aliphatic rings. The molecule has 1 N–H and O–H groups in total. The molecule has 0 aromatic heterocycles. The second kappa shape index (κ2) is 3.83. The van der Waals surface area contributed by atoms with Crippen molar-refractivity contribution in [2.45, 2.75) is 18.9 Å². The Hall–Kier alpha value is -0.300. The zero-order valence-corrected chi connectivity index (χ0v) is 8.47. The normalized spacial score (nSPS) is 31.2. The lowest BCUT2D eigenvalue weighted by molar-refractivity contribution is -0.117. The number of carbonyl (C=O) groups excluding carboxylic acids is 1. The predicted molar refractivity (Wildman–Crippen MR) is 47.4 cm³/mol. The fourth-order valence-corrected chi connectivity index (χ4v) is 1.79. The molecule has 0 amide bonds. The zero-order chi connectivity index (χ0) is 10.1. The van der Waals surface area contributed by atoms with Crippen LogP contribution in [0.5, 0.6) is 0 Å². The molecule has 0 aromatic rings. The molecule has 0 aliphatic carbocycles. The van der Waals surface area contributed by atoms with Gasteiger partial charge in [0.25, 0.3) is 0 Å². The minimum atomic E-state index is -2.00. The standard InChI is InChI=1S/C7H13NO4S/c1-7(3-6(9)4-12-7)5-8(2)13(10)11/h3-5H2,1-2H3,(H,10,11). The Balaban J connectivity index is 2.53. The largest absolute Gasteiger partial charge is 0.366 e. The first-order chi connectivity index (χ1) is 5.93. The van der Waals surface area contributed by atoms with Crippen LogP contribution < -0.4 is 0 Å². The molecule has 1 saturated heterocycles. The minimum absolute atomic E-state index is 0.0413. The molecule has 1 heterocycles. The van der Waals surface area contributed by atoms with Gasteiger partial charge in [-0.1, -0.05) is 0 Å². The number of likely N-dealkylation sites (N-methyl/N-ethyl adjacent to an activating group) is 1. The fourth-order valence-electron chi connectivity index (χ4n) is 1.40. The maximum absolute atomic E-state index is 10.9. The van der Waals surface area contributed by atoms with Crippen molar-refractivity contribution < 1.29 is 18.3 Å². The molecule has 0 aromatic carbocycles. The van der Waals surface area contributed by atoms with Crippen LogP contribution in [0.3, 0.4) is 0 Å². The smallest absolute Gasteiger partial charge is 0.234 e. The number of hydrogen-bond donors (Lipinski definition) is 1. The van der Waals surface area contributed by atoms with Gasteiger partial charge in [-0.15, -0.1) is 0 Å². The van der Waals surface area contributed by atoms with Crippen LogP contribution in [0, 0.1) is 0 Å². The zero-order valence-electron chi connectivity index (χ0n) is 7.65. The lowest BCUT2D eigenvalue weighted by Crippen LogP contribution is -2.39. The number of Topliss-reactive ketones (excluding diaryl/α,β-unsaturated/α-hetero) is 1. The lowest BCUT2D eigenvalue weighted by Gasteiger charge is -2.25. The van der Waals surface area contributed by atoms with Gasteiger partial charge in [-0.3, -0.25) is 9.35 Å². The van der Waals surface area contributed by atoms with Crippen molar-refractivity contribution in [1.29, 1.82) is 0 Å². The maximum atomic E-state index is 10.9. The van der Waals surface area contributed by atoms with E-state index in [4.69, 9.17) is 9.29 Å². The molecule has 0 spiro atoms. The number of ether oxygens (including phenoxy) is 1. The van der Waals surface area contributed by atoms with Gasteiger partial charge < -0.3 is 4.74 Å². The Kier molecular flexibility index (Phi) is 3.18. The van der Waals surface area contributed by atoms with Crippen molar-refractivity contribution in [1.82, 2.24) is 4.31 Å². The third kappa shape index (κ3) is 2.84. The van der Waals surface area contributed by atoms with Gasteiger partial charge >= 0.3 is 0 Å². The topological polar surface area (TPSA) is 66.8 Å². The van der Waals surface area contributed by atoms with E-state index in [9.17, 15) is 9.00 Å². The summed E-state index contributed by atoms with van der Waals surface area (Å²) in [6, 6.07) is 0. The summed E-state index contributed by atoms with van der Waals surface area (Å²) in [6.45, 7) is 2.16. The summed E-state index contributed by atoms with van der Waals surface area (Å²) in [5.41, 5.74) is -0.607. The number of carbonyl (C=O) groups is 1. The van der Waals surface area contributed by atoms with Gasteiger partial charge in [-0.05, 0) is 6.92 Å². The Bertz CT molecular complexity index is 245. The molecule has 1 aliphatic heterocycles. The van der Waals surface area contributed by atoms with Crippen molar-refractivity contribution in [3.8, 4) is 0 Å². The van der Waals surface area contributed by atoms with Gasteiger partial charge in [-0.2, -0.15) is 0 Å². The first kappa shape index (κ1) is 10.8. The number of ketones is 1. The van der Waals surface area contributed by atoms with Crippen molar-refractivity contribution in [3.63, 3.8) is 0 Å². The van der Waals surface area contributed by atoms with Crippen molar-refractivity contribution in [2.75, 3.05) is 20.2 Å². The van der Waals surface area contributed by atoms with E-state index in [1.165, 1.54) is 11.4 Å². The molecule has 2 atom stereocenters. The SMILES string of the molecule is CN(CC1(C)CC(=O)CO1)S(=O)O. The van der Waals surface area contributed by atoms with Crippen LogP contribution in [0.1, 0.15) is 13.3 Å². The molecule has 0 bridgehead atoms. The van der Waals surface area contributed by atoms with Gasteiger partial charge in [0.2, 0.25) is 11.3 Å². The summed E-state index contributed by atoms with van der Waals surface area (Å²) in [5.74, 6) is 0.0413. The van der Waals surface area contributed by atoms with E-state index in [2.05, 4.69) is 0 Å². The highest BCUT2D eigenvalue weighted by Crippen LogP contribution is 2.23. The van der Waals surface area contributed by atoms with Gasteiger partial charge in [0.1, 0.15) is 6.61 Å². The van der Waals surface area contributed by atoms with Crippen LogP contribution in [-0.2, 0) is 20.8 Å². The van der Waals surface area contributed by atoms with Crippen LogP contribution in [0.25, 0.3) is 0 Å². The predicted octanol–water partition coefficient (Wildman–Crippen LogP) is -0.197. The van der Waals surface area contributed by atoms with E-state index < -0.39 is 16.9 Å². The molecule has 13 heavy (non-hydrogen) atoms. The Morgan fingerprint density at radius 2 is 2.38 bits per heavy atom. The molecule has 0 radical (unpaired) electrons. The summed E-state index contributed by atoms with van der Waals surface area (Å²) in [6.07, 6.45) is 0.314. The number of hydrogen-bond acceptors (Lipinski definition) is 3. The first-order valence-electron chi connectivity index (χ1n) is 3.91. The molecule has 1 rings (SSSR count). The molecule has 5 nitrogen and oxygen atoms in total. The molecular formula is C7H13NO4S. The van der Waals surface area contributed by atoms with Gasteiger partial charge in [-0.25, -0.2) is 8.51 Å². The Morgan fingerprint density at radius 3 is 2.77 bits per heavy atom. The van der Waals surface area contributed by atoms with E-state index >= 15 is 0 Å². The monoisotopic (exact) mass is 207 g/mol. The van der Waals surface area contributed by atoms with Crippen LogP contribution >= 0.6 is 0 Å². The summed E-state index contributed by atoms with van der Waals surface area (Å²) >= 11 is -2.00. The number of rotatable bonds is 3. The summed E-state index contributed by atoms with van der Waals surface area (Å²) < 4.78 is 25.8. The second-order valence-electron chi connectivity index (χ2n) is 3.47. The summed E-state index contributed by atoms with van der Waals surface area (Å²) in [4.78, 5) is 10.9. The van der Waals surface area contributed by atoms with E-state index in [0.29, 0.717) is 6.42 Å². The highest BCUT2D eigenvalue weighted by molar-refractivity contribution is 7.76. The van der Waals surface area contributed by atoms with Crippen LogP contribution in [-0.4, -0.2) is 44.7 Å². The van der Waals surface area contributed by atoms with Gasteiger partial charge in [0, 0.05) is 20.0 Å². The Labute approximate surface area is 79.5 Å². The molecule has 76 valence electrons. The third-order valence-corrected chi connectivity index (χ3v) is 2.64. The molecule has 1 fully saturated rings. The second-order valence-corrected chi connectivity index (χ2v) is 4.56. The van der Waals surface area contributed by atoms with E-state index in [-0.39, 0.29) is 18.9 Å². The summed E-state index contributed by atoms with van der Waals surface area (Å²) in [5, 5.41) is 0. The van der Waals surface area contributed by atoms with Crippen LogP contribution in [0.15, 0.2) is 0 Å². The third-order valence-electron chi connectivity index (χ3n) is 1.98. The average Bonchev–Trinajstić information content (AvgIpc) is 2.30. The van der Waals surface area contributed by atoms with E-state index in [1.54, 1.807) is 6.92 Å². The van der Waals surface area contributed by atoms with Crippen molar-refractivity contribution in [3.05, 3.63) is 0 Å². The minimum Gasteiger partial charge on any atom is -0.366 e. The van der Waals surface area contributed by atoms with Gasteiger partial charge in [0.15, 0.2) is 5.78 Å². The highest BCUT2D eigenvalue weighted by atomic mass is 32.2. The molecule has 6 heteroatoms. The molecule has 0 saturated carbocycles. The highest BCUT2D eigenvalue weighted by Gasteiger charge is 2.36. The quantitative estimate of drug-likeness (QED) is 0.651. The number of nitrogens with zero attached hydrogens (tertiary/aromatic N) is 1. The molecule has 2 unspecified atom stereocenters. The first-order valence-corrected chi connectivity index (χ1v) is 4.97. The van der Waals surface area contributed by atoms with Gasteiger partial charge in [0.05, 0.1) is 5.60 Å². The van der Waals surface area contributed by atoms with E-state index in [1.807, 2.05) is 0 Å². The molecular weight excluding hydrogens is 194 g/mol. The summed E-state index contributed by atoms with van der Waals surface area (Å²) in [7, 11) is 1.51. The average molecular weight is 207 g/mol.